The number of hydrogen-bond acceptors (Lipinski definition) is 15. The van der Waals surface area contributed by atoms with E-state index in [-0.39, 0.29) is 25.7 Å². The Balaban J connectivity index is 5.22. The van der Waals surface area contributed by atoms with E-state index in [1.165, 1.54) is 154 Å². The number of phosphoric acid groups is 2. The molecule has 0 spiro atoms. The van der Waals surface area contributed by atoms with Gasteiger partial charge in [0.25, 0.3) is 0 Å². The van der Waals surface area contributed by atoms with Crippen LogP contribution in [-0.4, -0.2) is 96.7 Å². The molecule has 90 heavy (non-hydrogen) atoms. The monoisotopic (exact) mass is 1320 g/mol. The second kappa shape index (κ2) is 60.7. The third-order valence-electron chi connectivity index (χ3n) is 16.3. The number of ether oxygens (including phenoxy) is 4. The fraction of sp³-hybridized carbons (Fsp3) is 0.944. The molecule has 0 heterocycles. The van der Waals surface area contributed by atoms with Crippen molar-refractivity contribution < 1.29 is 80.2 Å². The fourth-order valence-corrected chi connectivity index (χ4v) is 12.2. The highest BCUT2D eigenvalue weighted by Crippen LogP contribution is 2.45. The van der Waals surface area contributed by atoms with Crippen molar-refractivity contribution in [2.24, 2.45) is 23.7 Å². The summed E-state index contributed by atoms with van der Waals surface area (Å²) in [6, 6.07) is 0. The molecule has 0 saturated heterocycles. The number of aliphatic hydroxyl groups excluding tert-OH is 1. The van der Waals surface area contributed by atoms with Crippen LogP contribution in [0.15, 0.2) is 0 Å². The van der Waals surface area contributed by atoms with Crippen molar-refractivity contribution in [3.63, 3.8) is 0 Å². The summed E-state index contributed by atoms with van der Waals surface area (Å²) in [5.41, 5.74) is 0. The summed E-state index contributed by atoms with van der Waals surface area (Å²) in [6.07, 6.45) is 43.2. The predicted octanol–water partition coefficient (Wildman–Crippen LogP) is 20.1. The van der Waals surface area contributed by atoms with Crippen LogP contribution in [0.3, 0.4) is 0 Å². The van der Waals surface area contributed by atoms with Crippen LogP contribution in [0.25, 0.3) is 0 Å². The van der Waals surface area contributed by atoms with Crippen LogP contribution in [0.5, 0.6) is 0 Å². The summed E-state index contributed by atoms with van der Waals surface area (Å²) in [5, 5.41) is 10.6. The van der Waals surface area contributed by atoms with Gasteiger partial charge in [-0.3, -0.25) is 37.3 Å². The van der Waals surface area contributed by atoms with E-state index in [0.29, 0.717) is 25.7 Å². The third kappa shape index (κ3) is 64.8. The molecule has 0 saturated carbocycles. The lowest BCUT2D eigenvalue weighted by atomic mass is 10.0. The molecule has 0 aromatic heterocycles. The van der Waals surface area contributed by atoms with Gasteiger partial charge in [-0.15, -0.1) is 0 Å². The zero-order valence-electron chi connectivity index (χ0n) is 58.8. The van der Waals surface area contributed by atoms with Gasteiger partial charge in [0.1, 0.15) is 19.3 Å². The number of esters is 4. The van der Waals surface area contributed by atoms with Crippen LogP contribution in [0, 0.1) is 23.7 Å². The van der Waals surface area contributed by atoms with Gasteiger partial charge in [0.15, 0.2) is 12.2 Å². The van der Waals surface area contributed by atoms with Gasteiger partial charge in [-0.25, -0.2) is 9.13 Å². The smallest absolute Gasteiger partial charge is 0.462 e. The SMILES string of the molecule is CC(C)CCCCCCCCCCCCCCCCC(=O)OC[C@H](COP(=O)(O)OCC(O)COP(=O)(O)OC[C@@H](COC(=O)CCCCCCCCCCC(C)C)OC(=O)CCCCCCCCCCC(C)C)OC(=O)CCCCCCCCCCC(C)C. The molecule has 19 heteroatoms. The van der Waals surface area contributed by atoms with E-state index in [1.54, 1.807) is 0 Å². The minimum atomic E-state index is -4.95. The molecule has 0 bridgehead atoms. The highest BCUT2D eigenvalue weighted by Gasteiger charge is 2.30. The quantitative estimate of drug-likeness (QED) is 0.0222. The molecule has 5 atom stereocenters. The van der Waals surface area contributed by atoms with Crippen molar-refractivity contribution >= 4 is 39.5 Å². The van der Waals surface area contributed by atoms with Crippen molar-refractivity contribution in [2.45, 2.75) is 369 Å². The van der Waals surface area contributed by atoms with Crippen molar-refractivity contribution in [1.29, 1.82) is 0 Å². The summed E-state index contributed by atoms with van der Waals surface area (Å²) in [5.74, 6) is 0.831. The predicted molar refractivity (Wildman–Crippen MR) is 363 cm³/mol. The molecule has 534 valence electrons. The Morgan fingerprint density at radius 1 is 0.278 bits per heavy atom. The van der Waals surface area contributed by atoms with E-state index < -0.39 is 97.5 Å². The van der Waals surface area contributed by atoms with Gasteiger partial charge < -0.3 is 33.8 Å². The number of hydrogen-bond donors (Lipinski definition) is 3. The second-order valence-corrected chi connectivity index (χ2v) is 30.4. The maximum absolute atomic E-state index is 13.0. The molecule has 3 N–H and O–H groups in total. The van der Waals surface area contributed by atoms with Gasteiger partial charge in [0.2, 0.25) is 0 Å². The van der Waals surface area contributed by atoms with Gasteiger partial charge in [0, 0.05) is 25.7 Å². The highest BCUT2D eigenvalue weighted by molar-refractivity contribution is 7.47. The standard InChI is InChI=1S/C71H138O17P2/c1-61(2)47-39-31-23-15-13-11-9-10-12-14-16-27-35-43-51-68(73)81-57-66(87-70(75)53-45-37-29-21-18-25-33-41-49-63(5)6)59-85-89(77,78)83-55-65(72)56-84-90(79,80)86-60-67(88-71(76)54-46-38-30-22-19-26-34-42-50-64(7)8)58-82-69(74)52-44-36-28-20-17-24-32-40-48-62(3)4/h61-67,72H,9-60H2,1-8H3,(H,77,78)(H,79,80)/t65?,66-,67-/m1/s1. The van der Waals surface area contributed by atoms with Crippen molar-refractivity contribution in [3.8, 4) is 0 Å². The molecule has 0 aliphatic heterocycles. The topological polar surface area (TPSA) is 237 Å². The van der Waals surface area contributed by atoms with E-state index in [9.17, 15) is 43.2 Å². The first-order valence-electron chi connectivity index (χ1n) is 36.7. The van der Waals surface area contributed by atoms with Gasteiger partial charge >= 0.3 is 39.5 Å². The average molecular weight is 1330 g/mol. The molecule has 0 aliphatic rings. The molecule has 0 aromatic carbocycles. The molecule has 0 rings (SSSR count). The lowest BCUT2D eigenvalue weighted by molar-refractivity contribution is -0.161. The summed E-state index contributed by atoms with van der Waals surface area (Å²) in [4.78, 5) is 72.5. The van der Waals surface area contributed by atoms with Gasteiger partial charge in [-0.2, -0.15) is 0 Å². The van der Waals surface area contributed by atoms with E-state index in [4.69, 9.17) is 37.0 Å². The van der Waals surface area contributed by atoms with Gasteiger partial charge in [0.05, 0.1) is 26.4 Å². The Hall–Kier alpha value is -1.94. The van der Waals surface area contributed by atoms with Crippen LogP contribution >= 0.6 is 15.6 Å². The fourth-order valence-electron chi connectivity index (χ4n) is 10.7. The molecule has 17 nitrogen and oxygen atoms in total. The summed E-state index contributed by atoms with van der Waals surface area (Å²) in [6.45, 7) is 14.1. The minimum absolute atomic E-state index is 0.103. The number of phosphoric ester groups is 2. The van der Waals surface area contributed by atoms with E-state index >= 15 is 0 Å². The molecule has 0 radical (unpaired) electrons. The van der Waals surface area contributed by atoms with Crippen LogP contribution in [0.1, 0.15) is 351 Å². The first-order valence-corrected chi connectivity index (χ1v) is 39.7. The maximum atomic E-state index is 13.0. The largest absolute Gasteiger partial charge is 0.472 e. The van der Waals surface area contributed by atoms with Gasteiger partial charge in [-0.05, 0) is 49.4 Å². The molecule has 0 amide bonds. The molecule has 0 fully saturated rings. The first kappa shape index (κ1) is 88.1. The molecule has 0 aromatic rings. The van der Waals surface area contributed by atoms with Crippen molar-refractivity contribution in [3.05, 3.63) is 0 Å². The van der Waals surface area contributed by atoms with Crippen LogP contribution in [0.2, 0.25) is 0 Å². The highest BCUT2D eigenvalue weighted by atomic mass is 31.2. The van der Waals surface area contributed by atoms with Gasteiger partial charge in [-0.1, -0.05) is 299 Å². The molecule has 3 unspecified atom stereocenters. The van der Waals surface area contributed by atoms with Crippen LogP contribution < -0.4 is 0 Å². The van der Waals surface area contributed by atoms with E-state index in [2.05, 4.69) is 55.4 Å². The summed E-state index contributed by atoms with van der Waals surface area (Å²) >= 11 is 0. The van der Waals surface area contributed by atoms with E-state index in [0.717, 1.165) is 114 Å². The Morgan fingerprint density at radius 3 is 0.689 bits per heavy atom. The third-order valence-corrected chi connectivity index (χ3v) is 18.2. The number of rotatable bonds is 68. The maximum Gasteiger partial charge on any atom is 0.472 e. The van der Waals surface area contributed by atoms with Crippen molar-refractivity contribution in [2.75, 3.05) is 39.6 Å². The Bertz CT molecular complexity index is 1780. The van der Waals surface area contributed by atoms with E-state index in [1.807, 2.05) is 0 Å². The Morgan fingerprint density at radius 2 is 0.467 bits per heavy atom. The number of aliphatic hydroxyl groups is 1. The first-order chi connectivity index (χ1) is 43.1. The lowest BCUT2D eigenvalue weighted by Gasteiger charge is -2.21. The zero-order chi connectivity index (χ0) is 66.8. The summed E-state index contributed by atoms with van der Waals surface area (Å²) in [7, 11) is -9.90. The number of unbranched alkanes of at least 4 members (excludes halogenated alkanes) is 34. The Labute approximate surface area is 549 Å². The average Bonchev–Trinajstić information content (AvgIpc) is 3.70. The number of carbonyl (C=O) groups excluding carboxylic acids is 4. The normalized spacial score (nSPS) is 14.3. The molecular formula is C71H138O17P2. The lowest BCUT2D eigenvalue weighted by Crippen LogP contribution is -2.30. The second-order valence-electron chi connectivity index (χ2n) is 27.5. The van der Waals surface area contributed by atoms with Crippen molar-refractivity contribution in [1.82, 2.24) is 0 Å². The zero-order valence-corrected chi connectivity index (χ0v) is 60.6. The summed E-state index contributed by atoms with van der Waals surface area (Å²) < 4.78 is 68.3. The Kier molecular flexibility index (Phi) is 59.4. The van der Waals surface area contributed by atoms with Crippen LogP contribution in [0.4, 0.5) is 0 Å². The number of carbonyl (C=O) groups is 4. The molecular weight excluding hydrogens is 1190 g/mol. The van der Waals surface area contributed by atoms with Crippen LogP contribution in [-0.2, 0) is 65.4 Å². The molecule has 0 aliphatic carbocycles. The minimum Gasteiger partial charge on any atom is -0.462 e.